The number of aromatic nitrogens is 2. The first kappa shape index (κ1) is 22.1. The van der Waals surface area contributed by atoms with Gasteiger partial charge >= 0.3 is 6.18 Å². The van der Waals surface area contributed by atoms with E-state index in [1.54, 1.807) is 6.07 Å². The maximum Gasteiger partial charge on any atom is 0.416 e. The molecule has 9 heteroatoms. The van der Waals surface area contributed by atoms with Crippen LogP contribution >= 0.6 is 0 Å². The molecule has 0 aliphatic carbocycles. The predicted octanol–water partition coefficient (Wildman–Crippen LogP) is 3.77. The predicted molar refractivity (Wildman–Crippen MR) is 104 cm³/mol. The Morgan fingerprint density at radius 3 is 2.50 bits per heavy atom. The van der Waals surface area contributed by atoms with Crippen LogP contribution in [-0.2, 0) is 29.9 Å². The molecular weight excluding hydrogens is 399 g/mol. The first-order valence-corrected chi connectivity index (χ1v) is 9.75. The van der Waals surface area contributed by atoms with E-state index in [9.17, 15) is 23.1 Å². The number of phenols is 1. The van der Waals surface area contributed by atoms with Crippen molar-refractivity contribution in [2.24, 2.45) is 12.0 Å². The average Bonchev–Trinajstić information content (AvgIpc) is 3.23. The molecule has 1 aromatic carbocycles. The molecule has 164 valence electrons. The highest BCUT2D eigenvalue weighted by atomic mass is 19.4. The third-order valence-electron chi connectivity index (χ3n) is 5.12. The Morgan fingerprint density at radius 1 is 1.23 bits per heavy atom. The number of ether oxygens (including phenoxy) is 1. The van der Waals surface area contributed by atoms with Gasteiger partial charge in [0, 0.05) is 36.4 Å². The van der Waals surface area contributed by atoms with E-state index in [4.69, 9.17) is 4.74 Å². The van der Waals surface area contributed by atoms with E-state index in [0.29, 0.717) is 30.8 Å². The third kappa shape index (κ3) is 4.77. The fourth-order valence-corrected chi connectivity index (χ4v) is 3.63. The molecule has 0 radical (unpaired) electrons. The number of carbonyl (C=O) groups excluding carboxylic acids is 1. The molecule has 2 heterocycles. The maximum atomic E-state index is 13.0. The van der Waals surface area contributed by atoms with Crippen molar-refractivity contribution in [3.8, 4) is 5.75 Å². The van der Waals surface area contributed by atoms with Crippen LogP contribution in [0.15, 0.2) is 29.3 Å². The molecule has 1 atom stereocenters. The van der Waals surface area contributed by atoms with Gasteiger partial charge in [-0.25, -0.2) is 0 Å². The van der Waals surface area contributed by atoms with Gasteiger partial charge in [0.05, 0.1) is 18.2 Å². The third-order valence-corrected chi connectivity index (χ3v) is 5.12. The standard InChI is InChI=1S/C21H26F3N3O3/c1-20(2,3)17-11-18(27(26(17)4)12-16-6-5-7-30-16)25-19(29)13-8-14(21(22,23)24)10-15(28)9-13/h8-11,16,28H,5-7,12H2,1-4H3/t16-/m1/s1. The maximum absolute atomic E-state index is 13.0. The van der Waals surface area contributed by atoms with Crippen LogP contribution in [0.5, 0.6) is 5.75 Å². The quantitative estimate of drug-likeness (QED) is 0.814. The zero-order valence-electron chi connectivity index (χ0n) is 17.5. The van der Waals surface area contributed by atoms with Crippen molar-refractivity contribution in [2.45, 2.75) is 57.9 Å². The lowest BCUT2D eigenvalue weighted by Crippen LogP contribution is -2.30. The van der Waals surface area contributed by atoms with E-state index < -0.39 is 23.4 Å². The fraction of sp³-hybridized carbons (Fsp3) is 0.524. The van der Waals surface area contributed by atoms with Gasteiger partial charge in [-0.05, 0) is 31.0 Å². The summed E-state index contributed by atoms with van der Waals surface area (Å²) in [6.45, 7) is 7.22. The first-order chi connectivity index (χ1) is 13.9. The number of carbonyl (C=O) groups is 1. The van der Waals surface area contributed by atoms with Crippen molar-refractivity contribution in [1.82, 2.24) is 9.36 Å². The molecular formula is C21H26F3N3O3. The Balaban J connectivity index is 2.07. The van der Waals surface area contributed by atoms with E-state index in [2.05, 4.69) is 4.99 Å². The number of nitrogens with zero attached hydrogens (tertiary/aromatic N) is 3. The van der Waals surface area contributed by atoms with Gasteiger partial charge in [0.25, 0.3) is 5.91 Å². The molecule has 1 N–H and O–H groups in total. The molecule has 1 aromatic heterocycles. The lowest BCUT2D eigenvalue weighted by atomic mass is 9.92. The Hall–Kier alpha value is -2.55. The van der Waals surface area contributed by atoms with Crippen LogP contribution in [0.2, 0.25) is 0 Å². The summed E-state index contributed by atoms with van der Waals surface area (Å²) < 4.78 is 48.5. The molecule has 0 unspecified atom stereocenters. The highest BCUT2D eigenvalue weighted by Crippen LogP contribution is 2.32. The van der Waals surface area contributed by atoms with Gasteiger partial charge in [-0.1, -0.05) is 20.8 Å². The van der Waals surface area contributed by atoms with Crippen molar-refractivity contribution in [1.29, 1.82) is 0 Å². The van der Waals surface area contributed by atoms with Crippen molar-refractivity contribution in [3.63, 3.8) is 0 Å². The van der Waals surface area contributed by atoms with Crippen molar-refractivity contribution in [2.75, 3.05) is 6.61 Å². The second-order valence-electron chi connectivity index (χ2n) is 8.56. The van der Waals surface area contributed by atoms with Gasteiger partial charge in [-0.2, -0.15) is 18.2 Å². The zero-order valence-corrected chi connectivity index (χ0v) is 17.5. The largest absolute Gasteiger partial charge is 0.508 e. The number of benzene rings is 1. The number of phenolic OH excluding ortho intramolecular Hbond substituents is 1. The number of amides is 1. The van der Waals surface area contributed by atoms with Crippen molar-refractivity contribution >= 4 is 5.91 Å². The molecule has 1 aliphatic heterocycles. The topological polar surface area (TPSA) is 68.8 Å². The van der Waals surface area contributed by atoms with Gasteiger partial charge in [0.1, 0.15) is 5.75 Å². The molecule has 1 saturated heterocycles. The van der Waals surface area contributed by atoms with Gasteiger partial charge < -0.3 is 9.84 Å². The summed E-state index contributed by atoms with van der Waals surface area (Å²) in [5.74, 6) is -1.50. The average molecular weight is 425 g/mol. The van der Waals surface area contributed by atoms with Crippen LogP contribution < -0.4 is 5.49 Å². The lowest BCUT2D eigenvalue weighted by molar-refractivity contribution is -0.137. The second kappa shape index (κ2) is 7.94. The van der Waals surface area contributed by atoms with Crippen LogP contribution in [0.25, 0.3) is 0 Å². The van der Waals surface area contributed by atoms with Crippen LogP contribution in [0.1, 0.15) is 55.2 Å². The van der Waals surface area contributed by atoms with Gasteiger partial charge in [0.2, 0.25) is 0 Å². The monoisotopic (exact) mass is 425 g/mol. The zero-order chi connectivity index (χ0) is 22.3. The second-order valence-corrected chi connectivity index (χ2v) is 8.56. The molecule has 1 amide bonds. The molecule has 3 rings (SSSR count). The summed E-state index contributed by atoms with van der Waals surface area (Å²) in [6, 6.07) is 4.03. The smallest absolute Gasteiger partial charge is 0.416 e. The summed E-state index contributed by atoms with van der Waals surface area (Å²) in [6.07, 6.45) is -2.85. The summed E-state index contributed by atoms with van der Waals surface area (Å²) in [5.41, 5.74) is -0.416. The van der Waals surface area contributed by atoms with Crippen LogP contribution in [0, 0.1) is 0 Å². The van der Waals surface area contributed by atoms with E-state index in [-0.39, 0.29) is 17.1 Å². The Bertz CT molecular complexity index is 1010. The molecule has 1 fully saturated rings. The Morgan fingerprint density at radius 2 is 1.93 bits per heavy atom. The molecule has 1 aliphatic rings. The number of hydrogen-bond acceptors (Lipinski definition) is 3. The van der Waals surface area contributed by atoms with Crippen LogP contribution in [-0.4, -0.2) is 33.1 Å². The van der Waals surface area contributed by atoms with Crippen LogP contribution in [0.3, 0.4) is 0 Å². The molecule has 0 spiro atoms. The number of alkyl halides is 3. The number of rotatable bonds is 3. The summed E-state index contributed by atoms with van der Waals surface area (Å²) in [7, 11) is 1.86. The highest BCUT2D eigenvalue weighted by molar-refractivity contribution is 5.95. The molecule has 2 aromatic rings. The summed E-state index contributed by atoms with van der Waals surface area (Å²) in [4.78, 5) is 16.8. The molecule has 0 bridgehead atoms. The minimum absolute atomic E-state index is 0.0157. The Labute approximate surface area is 172 Å². The van der Waals surface area contributed by atoms with E-state index in [1.165, 1.54) is 0 Å². The number of aromatic hydroxyl groups is 1. The number of hydrogen-bond donors (Lipinski definition) is 1. The summed E-state index contributed by atoms with van der Waals surface area (Å²) in [5, 5.41) is 9.65. The van der Waals surface area contributed by atoms with Crippen molar-refractivity contribution < 1.29 is 27.8 Å². The minimum atomic E-state index is -4.68. The highest BCUT2D eigenvalue weighted by Gasteiger charge is 2.32. The molecule has 30 heavy (non-hydrogen) atoms. The van der Waals surface area contributed by atoms with Gasteiger partial charge in [-0.3, -0.25) is 14.2 Å². The Kier molecular flexibility index (Phi) is 5.86. The van der Waals surface area contributed by atoms with E-state index in [0.717, 1.165) is 24.6 Å². The molecule has 0 saturated carbocycles. The SMILES string of the molecule is Cn1c(C(C)(C)C)cc(=NC(=O)c2cc(O)cc(C(F)(F)F)c2)n1C[C@H]1CCCO1. The number of halogens is 3. The van der Waals surface area contributed by atoms with Gasteiger partial charge in [-0.15, -0.1) is 0 Å². The van der Waals surface area contributed by atoms with Crippen LogP contribution in [0.4, 0.5) is 13.2 Å². The van der Waals surface area contributed by atoms with E-state index >= 15 is 0 Å². The first-order valence-electron chi connectivity index (χ1n) is 9.75. The fourth-order valence-electron chi connectivity index (χ4n) is 3.63. The molecule has 6 nitrogen and oxygen atoms in total. The van der Waals surface area contributed by atoms with Crippen molar-refractivity contribution in [3.05, 3.63) is 46.6 Å². The summed E-state index contributed by atoms with van der Waals surface area (Å²) >= 11 is 0. The lowest BCUT2D eigenvalue weighted by Gasteiger charge is -2.21. The minimum Gasteiger partial charge on any atom is -0.508 e. The van der Waals surface area contributed by atoms with E-state index in [1.807, 2.05) is 37.2 Å². The van der Waals surface area contributed by atoms with Gasteiger partial charge in [0.15, 0.2) is 5.49 Å². The normalized spacial score (nSPS) is 18.2.